The van der Waals surface area contributed by atoms with Gasteiger partial charge in [-0.1, -0.05) is 22.0 Å². The van der Waals surface area contributed by atoms with E-state index in [2.05, 4.69) is 31.9 Å². The first-order valence-corrected chi connectivity index (χ1v) is 6.00. The number of carbonyl (C=O) groups is 3. The molecule has 1 fully saturated rings. The summed E-state index contributed by atoms with van der Waals surface area (Å²) in [7, 11) is 0. The molecule has 1 unspecified atom stereocenters. The number of imide groups is 1. The van der Waals surface area contributed by atoms with Gasteiger partial charge in [0.2, 0.25) is 0 Å². The zero-order valence-corrected chi connectivity index (χ0v) is 10.8. The summed E-state index contributed by atoms with van der Waals surface area (Å²) < 4.78 is 0.794. The molecule has 3 N–H and O–H groups in total. The van der Waals surface area contributed by atoms with Crippen molar-refractivity contribution in [3.05, 3.63) is 34.3 Å². The molecule has 18 heavy (non-hydrogen) atoms. The lowest BCUT2D eigenvalue weighted by Crippen LogP contribution is -2.41. The maximum absolute atomic E-state index is 11.8. The van der Waals surface area contributed by atoms with E-state index in [9.17, 15) is 14.4 Å². The summed E-state index contributed by atoms with van der Waals surface area (Å²) >= 11 is 3.26. The molecule has 1 aliphatic heterocycles. The Balaban J connectivity index is 1.93. The number of halogens is 1. The van der Waals surface area contributed by atoms with Gasteiger partial charge in [-0.25, -0.2) is 4.79 Å². The Bertz CT molecular complexity index is 518. The van der Waals surface area contributed by atoms with Crippen molar-refractivity contribution in [3.8, 4) is 0 Å². The molecule has 1 aliphatic rings. The third-order valence-electron chi connectivity index (χ3n) is 2.41. The third kappa shape index (κ3) is 2.86. The second-order valence-electron chi connectivity index (χ2n) is 3.74. The Kier molecular flexibility index (Phi) is 3.61. The van der Waals surface area contributed by atoms with E-state index in [-0.39, 0.29) is 12.5 Å². The second-order valence-corrected chi connectivity index (χ2v) is 4.65. The molecule has 2 rings (SSSR count). The van der Waals surface area contributed by atoms with Gasteiger partial charge >= 0.3 is 6.03 Å². The van der Waals surface area contributed by atoms with Crippen molar-refractivity contribution in [3.63, 3.8) is 0 Å². The van der Waals surface area contributed by atoms with E-state index in [1.54, 1.807) is 24.3 Å². The molecule has 0 spiro atoms. The van der Waals surface area contributed by atoms with Gasteiger partial charge in [-0.15, -0.1) is 0 Å². The Labute approximate surface area is 111 Å². The molecule has 6 nitrogen and oxygen atoms in total. The van der Waals surface area contributed by atoms with E-state index in [1.807, 2.05) is 0 Å². The number of hydrogen-bond donors (Lipinski definition) is 3. The zero-order chi connectivity index (χ0) is 13.1. The van der Waals surface area contributed by atoms with Crippen molar-refractivity contribution in [1.82, 2.24) is 16.0 Å². The van der Waals surface area contributed by atoms with Crippen LogP contribution in [0.4, 0.5) is 4.79 Å². The van der Waals surface area contributed by atoms with Crippen LogP contribution in [0.15, 0.2) is 28.7 Å². The van der Waals surface area contributed by atoms with Crippen LogP contribution >= 0.6 is 15.9 Å². The quantitative estimate of drug-likeness (QED) is 0.706. The minimum absolute atomic E-state index is 0.0585. The molecule has 1 atom stereocenters. The Morgan fingerprint density at radius 1 is 1.39 bits per heavy atom. The zero-order valence-electron chi connectivity index (χ0n) is 9.20. The van der Waals surface area contributed by atoms with Crippen LogP contribution in [0.3, 0.4) is 0 Å². The lowest BCUT2D eigenvalue weighted by atomic mass is 10.2. The molecular weight excluding hydrogens is 302 g/mol. The molecule has 1 heterocycles. The van der Waals surface area contributed by atoms with Crippen LogP contribution in [0.25, 0.3) is 0 Å². The van der Waals surface area contributed by atoms with E-state index in [4.69, 9.17) is 0 Å². The van der Waals surface area contributed by atoms with Crippen LogP contribution in [0.1, 0.15) is 10.4 Å². The number of nitrogens with one attached hydrogen (secondary N) is 3. The highest BCUT2D eigenvalue weighted by molar-refractivity contribution is 9.10. The first-order chi connectivity index (χ1) is 8.56. The largest absolute Gasteiger partial charge is 0.349 e. The van der Waals surface area contributed by atoms with Gasteiger partial charge in [-0.05, 0) is 18.2 Å². The molecule has 0 saturated carbocycles. The number of rotatable bonds is 3. The summed E-state index contributed by atoms with van der Waals surface area (Å²) in [6.45, 7) is 0.0585. The summed E-state index contributed by atoms with van der Waals surface area (Å²) in [5, 5.41) is 7.07. The predicted molar refractivity (Wildman–Crippen MR) is 66.9 cm³/mol. The SMILES string of the molecule is O=C1NC(=O)C(CNC(=O)c2cccc(Br)c2)N1. The summed E-state index contributed by atoms with van der Waals surface area (Å²) in [5.41, 5.74) is 0.481. The van der Waals surface area contributed by atoms with E-state index in [0.717, 1.165) is 4.47 Å². The summed E-state index contributed by atoms with van der Waals surface area (Å²) in [4.78, 5) is 33.9. The minimum atomic E-state index is -0.714. The Morgan fingerprint density at radius 3 is 2.78 bits per heavy atom. The molecule has 1 saturated heterocycles. The van der Waals surface area contributed by atoms with Crippen LogP contribution in [0.2, 0.25) is 0 Å². The first-order valence-electron chi connectivity index (χ1n) is 5.21. The number of urea groups is 1. The monoisotopic (exact) mass is 311 g/mol. The van der Waals surface area contributed by atoms with Gasteiger partial charge in [-0.2, -0.15) is 0 Å². The highest BCUT2D eigenvalue weighted by Gasteiger charge is 2.29. The fraction of sp³-hybridized carbons (Fsp3) is 0.182. The normalized spacial score (nSPS) is 18.2. The van der Waals surface area contributed by atoms with Crippen molar-refractivity contribution >= 4 is 33.8 Å². The van der Waals surface area contributed by atoms with Crippen molar-refractivity contribution in [2.75, 3.05) is 6.54 Å². The maximum Gasteiger partial charge on any atom is 0.322 e. The summed E-state index contributed by atoms with van der Waals surface area (Å²) in [6, 6.07) is 5.62. The molecule has 1 aromatic carbocycles. The van der Waals surface area contributed by atoms with Gasteiger partial charge in [-0.3, -0.25) is 14.9 Å². The van der Waals surface area contributed by atoms with E-state index in [1.165, 1.54) is 0 Å². The van der Waals surface area contributed by atoms with Crippen LogP contribution in [0.5, 0.6) is 0 Å². The van der Waals surface area contributed by atoms with Gasteiger partial charge in [0, 0.05) is 16.6 Å². The second kappa shape index (κ2) is 5.18. The highest BCUT2D eigenvalue weighted by Crippen LogP contribution is 2.11. The lowest BCUT2D eigenvalue weighted by molar-refractivity contribution is -0.120. The third-order valence-corrected chi connectivity index (χ3v) is 2.91. The van der Waals surface area contributed by atoms with E-state index < -0.39 is 18.0 Å². The van der Waals surface area contributed by atoms with Crippen molar-refractivity contribution in [1.29, 1.82) is 0 Å². The fourth-order valence-corrected chi connectivity index (χ4v) is 1.93. The van der Waals surface area contributed by atoms with Crippen LogP contribution < -0.4 is 16.0 Å². The Hall–Kier alpha value is -1.89. The molecule has 0 aromatic heterocycles. The molecule has 4 amide bonds. The van der Waals surface area contributed by atoms with Gasteiger partial charge in [0.15, 0.2) is 0 Å². The summed E-state index contributed by atoms with van der Waals surface area (Å²) in [5.74, 6) is -0.736. The van der Waals surface area contributed by atoms with Crippen LogP contribution in [-0.2, 0) is 4.79 Å². The molecule has 0 aliphatic carbocycles. The average molecular weight is 312 g/mol. The number of carbonyl (C=O) groups excluding carboxylic acids is 3. The van der Waals surface area contributed by atoms with Crippen LogP contribution in [0, 0.1) is 0 Å². The molecule has 0 radical (unpaired) electrons. The smallest absolute Gasteiger partial charge is 0.322 e. The van der Waals surface area contributed by atoms with Crippen LogP contribution in [-0.4, -0.2) is 30.4 Å². The molecule has 7 heteroatoms. The highest BCUT2D eigenvalue weighted by atomic mass is 79.9. The first kappa shape index (κ1) is 12.6. The Morgan fingerprint density at radius 2 is 2.17 bits per heavy atom. The standard InChI is InChI=1S/C11H10BrN3O3/c12-7-3-1-2-6(4-7)9(16)13-5-8-10(17)15-11(18)14-8/h1-4,8H,5H2,(H,13,16)(H2,14,15,17,18). The van der Waals surface area contributed by atoms with E-state index >= 15 is 0 Å². The molecule has 94 valence electrons. The number of amides is 4. The van der Waals surface area contributed by atoms with Crippen molar-refractivity contribution in [2.45, 2.75) is 6.04 Å². The van der Waals surface area contributed by atoms with Gasteiger partial charge < -0.3 is 10.6 Å². The molecule has 0 bridgehead atoms. The van der Waals surface area contributed by atoms with Gasteiger partial charge in [0.25, 0.3) is 11.8 Å². The molecule has 1 aromatic rings. The van der Waals surface area contributed by atoms with Crippen molar-refractivity contribution < 1.29 is 14.4 Å². The minimum Gasteiger partial charge on any atom is -0.349 e. The lowest BCUT2D eigenvalue weighted by Gasteiger charge is -2.09. The van der Waals surface area contributed by atoms with Crippen molar-refractivity contribution in [2.24, 2.45) is 0 Å². The van der Waals surface area contributed by atoms with Gasteiger partial charge in [0.1, 0.15) is 6.04 Å². The predicted octanol–water partition coefficient (Wildman–Crippen LogP) is 0.387. The summed E-state index contributed by atoms with van der Waals surface area (Å²) in [6.07, 6.45) is 0. The average Bonchev–Trinajstić information content (AvgIpc) is 2.65. The van der Waals surface area contributed by atoms with Gasteiger partial charge in [0.05, 0.1) is 0 Å². The molecular formula is C11H10BrN3O3. The topological polar surface area (TPSA) is 87.3 Å². The number of hydrogen-bond acceptors (Lipinski definition) is 3. The fourth-order valence-electron chi connectivity index (χ4n) is 1.53. The number of benzene rings is 1. The van der Waals surface area contributed by atoms with E-state index in [0.29, 0.717) is 5.56 Å². The maximum atomic E-state index is 11.8.